The number of pyridine rings is 1. The molecule has 1 saturated carbocycles. The maximum atomic E-state index is 14.0. The Morgan fingerprint density at radius 3 is 2.59 bits per heavy atom. The summed E-state index contributed by atoms with van der Waals surface area (Å²) in [5.41, 5.74) is 5.64. The minimum atomic E-state index is -3.79. The number of hydrogen-bond acceptors (Lipinski definition) is 4. The zero-order valence-electron chi connectivity index (χ0n) is 22.8. The first-order valence-corrected chi connectivity index (χ1v) is 15.8. The van der Waals surface area contributed by atoms with Crippen molar-refractivity contribution in [1.29, 1.82) is 0 Å². The van der Waals surface area contributed by atoms with E-state index in [1.807, 2.05) is 66.4 Å². The molecule has 3 atom stereocenters. The summed E-state index contributed by atoms with van der Waals surface area (Å²) in [4.78, 5) is 20.7. The number of rotatable bonds is 8. The molecule has 6 nitrogen and oxygen atoms in total. The zero-order chi connectivity index (χ0) is 28.6. The first-order valence-electron chi connectivity index (χ1n) is 14.0. The Balaban J connectivity index is 1.32. The van der Waals surface area contributed by atoms with Crippen molar-refractivity contribution >= 4 is 33.2 Å². The lowest BCUT2D eigenvalue weighted by Gasteiger charge is -2.29. The largest absolute Gasteiger partial charge is 0.306 e. The van der Waals surface area contributed by atoms with E-state index in [2.05, 4.69) is 21.8 Å². The molecule has 210 valence electrons. The lowest BCUT2D eigenvalue weighted by Crippen LogP contribution is -2.34. The third-order valence-electron chi connectivity index (χ3n) is 8.03. The molecule has 2 aliphatic carbocycles. The van der Waals surface area contributed by atoms with Gasteiger partial charge in [-0.25, -0.2) is 13.1 Å². The van der Waals surface area contributed by atoms with Crippen molar-refractivity contribution in [3.63, 3.8) is 0 Å². The highest BCUT2D eigenvalue weighted by Gasteiger charge is 2.46. The van der Waals surface area contributed by atoms with Gasteiger partial charge in [0, 0.05) is 28.4 Å². The smallest absolute Gasteiger partial charge is 0.241 e. The highest BCUT2D eigenvalue weighted by atomic mass is 35.5. The molecule has 1 fully saturated rings. The maximum absolute atomic E-state index is 14.0. The number of carbonyl (C=O) groups is 1. The lowest BCUT2D eigenvalue weighted by atomic mass is 9.87. The van der Waals surface area contributed by atoms with E-state index < -0.39 is 16.1 Å². The number of hydrogen-bond donors (Lipinski definition) is 1. The molecule has 6 rings (SSSR count). The zero-order valence-corrected chi connectivity index (χ0v) is 24.4. The maximum Gasteiger partial charge on any atom is 0.241 e. The third kappa shape index (κ3) is 6.08. The normalized spacial score (nSPS) is 19.8. The number of fused-ring (bicyclic) bond motifs is 1. The Morgan fingerprint density at radius 2 is 1.80 bits per heavy atom. The van der Waals surface area contributed by atoms with E-state index in [0.29, 0.717) is 18.0 Å². The number of nitrogens with zero attached hydrogens (tertiary/aromatic N) is 2. The number of aryl methyl sites for hydroxylation is 2. The van der Waals surface area contributed by atoms with Gasteiger partial charge in [-0.2, -0.15) is 0 Å². The van der Waals surface area contributed by atoms with Crippen molar-refractivity contribution in [2.45, 2.75) is 56.0 Å². The second-order valence-corrected chi connectivity index (χ2v) is 13.1. The summed E-state index contributed by atoms with van der Waals surface area (Å²) < 4.78 is 29.5. The molecule has 2 aliphatic rings. The predicted molar refractivity (Wildman–Crippen MR) is 161 cm³/mol. The molecule has 0 radical (unpaired) electrons. The fourth-order valence-electron chi connectivity index (χ4n) is 5.85. The molecule has 1 amide bonds. The van der Waals surface area contributed by atoms with Gasteiger partial charge in [0.05, 0.1) is 17.1 Å². The van der Waals surface area contributed by atoms with Crippen LogP contribution in [0.5, 0.6) is 0 Å². The molecule has 0 saturated heterocycles. The predicted octanol–water partition coefficient (Wildman–Crippen LogP) is 6.74. The van der Waals surface area contributed by atoms with Crippen LogP contribution >= 0.6 is 11.6 Å². The van der Waals surface area contributed by atoms with Gasteiger partial charge in [-0.15, -0.1) is 0 Å². The van der Waals surface area contributed by atoms with Crippen LogP contribution in [-0.4, -0.2) is 19.3 Å². The molecule has 41 heavy (non-hydrogen) atoms. The van der Waals surface area contributed by atoms with Gasteiger partial charge in [0.2, 0.25) is 15.9 Å². The van der Waals surface area contributed by atoms with E-state index in [-0.39, 0.29) is 22.6 Å². The minimum Gasteiger partial charge on any atom is -0.306 e. The van der Waals surface area contributed by atoms with Crippen molar-refractivity contribution in [3.8, 4) is 0 Å². The summed E-state index contributed by atoms with van der Waals surface area (Å²) in [7, 11) is -3.79. The number of halogens is 1. The van der Waals surface area contributed by atoms with Crippen LogP contribution in [0.2, 0.25) is 5.02 Å². The van der Waals surface area contributed by atoms with Gasteiger partial charge in [0.25, 0.3) is 0 Å². The van der Waals surface area contributed by atoms with Crippen molar-refractivity contribution in [2.24, 2.45) is 5.92 Å². The Hall–Kier alpha value is -3.52. The van der Waals surface area contributed by atoms with E-state index in [4.69, 9.17) is 11.6 Å². The standard InChI is InChI=1S/C33H32ClN3O3S/c1-22-8-5-13-26(35-22)21-37(33(38)31-20-29(31)23-9-3-2-4-10-23)27-17-16-24-11-6-15-32(30(24)19-27)36-41(39,40)28-14-7-12-25(34)18-28/h2-5,7-10,12-14,16-19,29,31-32,36H,6,11,15,20-21H2,1H3/t29-,31+,32-/m0/s1. The van der Waals surface area contributed by atoms with E-state index in [0.717, 1.165) is 47.5 Å². The van der Waals surface area contributed by atoms with Crippen LogP contribution in [0.4, 0.5) is 5.69 Å². The van der Waals surface area contributed by atoms with Crippen molar-refractivity contribution in [3.05, 3.63) is 124 Å². The number of benzene rings is 3. The van der Waals surface area contributed by atoms with Crippen molar-refractivity contribution in [2.75, 3.05) is 4.90 Å². The molecule has 1 heterocycles. The highest BCUT2D eigenvalue weighted by Crippen LogP contribution is 2.49. The van der Waals surface area contributed by atoms with Crippen LogP contribution in [0.25, 0.3) is 0 Å². The SMILES string of the molecule is Cc1cccc(CN(C(=O)[C@@H]2C[C@H]2c2ccccc2)c2ccc3c(c2)[C@@H](NS(=O)(=O)c2cccc(Cl)c2)CCC3)n1. The molecule has 0 bridgehead atoms. The molecule has 4 aromatic rings. The fraction of sp³-hybridized carbons (Fsp3) is 0.273. The van der Waals surface area contributed by atoms with Crippen LogP contribution in [-0.2, 0) is 27.8 Å². The van der Waals surface area contributed by atoms with Crippen LogP contribution < -0.4 is 9.62 Å². The Kier molecular flexibility index (Phi) is 7.68. The summed E-state index contributed by atoms with van der Waals surface area (Å²) in [5, 5.41) is 0.368. The van der Waals surface area contributed by atoms with Gasteiger partial charge >= 0.3 is 0 Å². The first kappa shape index (κ1) is 27.6. The summed E-state index contributed by atoms with van der Waals surface area (Å²) >= 11 is 6.08. The highest BCUT2D eigenvalue weighted by molar-refractivity contribution is 7.89. The second-order valence-electron chi connectivity index (χ2n) is 11.0. The van der Waals surface area contributed by atoms with Gasteiger partial charge in [0.1, 0.15) is 0 Å². The number of sulfonamides is 1. The first-order chi connectivity index (χ1) is 19.8. The van der Waals surface area contributed by atoms with Gasteiger partial charge in [-0.3, -0.25) is 9.78 Å². The third-order valence-corrected chi connectivity index (χ3v) is 9.73. The fourth-order valence-corrected chi connectivity index (χ4v) is 7.40. The summed E-state index contributed by atoms with van der Waals surface area (Å²) in [6, 6.07) is 27.9. The van der Waals surface area contributed by atoms with E-state index in [1.54, 1.807) is 18.2 Å². The van der Waals surface area contributed by atoms with Crippen molar-refractivity contribution < 1.29 is 13.2 Å². The van der Waals surface area contributed by atoms with E-state index >= 15 is 0 Å². The molecular weight excluding hydrogens is 554 g/mol. The Morgan fingerprint density at radius 1 is 1.00 bits per heavy atom. The Labute approximate surface area is 246 Å². The molecular formula is C33H32ClN3O3S. The number of amides is 1. The molecule has 0 unspecified atom stereocenters. The minimum absolute atomic E-state index is 0.0639. The summed E-state index contributed by atoms with van der Waals surface area (Å²) in [6.45, 7) is 2.29. The molecule has 3 aromatic carbocycles. The summed E-state index contributed by atoms with van der Waals surface area (Å²) in [5.74, 6) is 0.163. The second kappa shape index (κ2) is 11.4. The topological polar surface area (TPSA) is 79.4 Å². The number of nitrogens with one attached hydrogen (secondary N) is 1. The van der Waals surface area contributed by atoms with Crippen LogP contribution in [0.1, 0.15) is 59.3 Å². The van der Waals surface area contributed by atoms with E-state index in [9.17, 15) is 13.2 Å². The number of anilines is 1. The molecule has 1 N–H and O–H groups in total. The van der Waals surface area contributed by atoms with Gasteiger partial charge in [-0.1, -0.05) is 60.1 Å². The van der Waals surface area contributed by atoms with E-state index in [1.165, 1.54) is 11.6 Å². The molecule has 1 aromatic heterocycles. The van der Waals surface area contributed by atoms with Gasteiger partial charge in [-0.05, 0) is 97.7 Å². The molecule has 0 spiro atoms. The van der Waals surface area contributed by atoms with Gasteiger partial charge in [0.15, 0.2) is 0 Å². The average molecular weight is 586 g/mol. The summed E-state index contributed by atoms with van der Waals surface area (Å²) in [6.07, 6.45) is 3.21. The van der Waals surface area contributed by atoms with Crippen LogP contribution in [0.15, 0.2) is 95.9 Å². The Bertz CT molecular complexity index is 1690. The van der Waals surface area contributed by atoms with Crippen LogP contribution in [0.3, 0.4) is 0 Å². The van der Waals surface area contributed by atoms with Gasteiger partial charge < -0.3 is 4.90 Å². The average Bonchev–Trinajstić information content (AvgIpc) is 3.77. The monoisotopic (exact) mass is 585 g/mol. The number of carbonyl (C=O) groups excluding carboxylic acids is 1. The molecule has 8 heteroatoms. The number of aromatic nitrogens is 1. The molecule has 0 aliphatic heterocycles. The lowest BCUT2D eigenvalue weighted by molar-refractivity contribution is -0.120. The quantitative estimate of drug-likeness (QED) is 0.248. The van der Waals surface area contributed by atoms with Crippen LogP contribution in [0, 0.1) is 12.8 Å². The van der Waals surface area contributed by atoms with Crippen molar-refractivity contribution in [1.82, 2.24) is 9.71 Å².